The highest BCUT2D eigenvalue weighted by atomic mass is 79.9. The molecule has 0 bridgehead atoms. The Labute approximate surface area is 129 Å². The molecule has 1 heterocycles. The molecule has 0 spiro atoms. The maximum atomic E-state index is 3.94. The maximum absolute atomic E-state index is 3.94. The van der Waals surface area contributed by atoms with E-state index in [9.17, 15) is 0 Å². The van der Waals surface area contributed by atoms with Crippen LogP contribution in [0.4, 0.5) is 0 Å². The predicted octanol–water partition coefficient (Wildman–Crippen LogP) is 5.99. The van der Waals surface area contributed by atoms with Gasteiger partial charge in [0, 0.05) is 10.3 Å². The molecule has 2 aromatic rings. The first kappa shape index (κ1) is 12.9. The lowest BCUT2D eigenvalue weighted by Crippen LogP contribution is -2.12. The van der Waals surface area contributed by atoms with Crippen molar-refractivity contribution in [3.8, 4) is 0 Å². The van der Waals surface area contributed by atoms with Crippen molar-refractivity contribution in [2.24, 2.45) is 0 Å². The van der Waals surface area contributed by atoms with Crippen LogP contribution in [0.1, 0.15) is 33.7 Å². The number of alkyl halides is 1. The van der Waals surface area contributed by atoms with E-state index >= 15 is 0 Å². The minimum absolute atomic E-state index is 0.317. The molecule has 1 fully saturated rings. The van der Waals surface area contributed by atoms with Crippen molar-refractivity contribution < 1.29 is 0 Å². The number of benzene rings is 1. The Morgan fingerprint density at radius 2 is 1.89 bits per heavy atom. The lowest BCUT2D eigenvalue weighted by Gasteiger charge is -2.21. The van der Waals surface area contributed by atoms with Gasteiger partial charge in [0.05, 0.1) is 8.61 Å². The highest BCUT2D eigenvalue weighted by molar-refractivity contribution is 9.11. The largest absolute Gasteiger partial charge is 0.132 e. The van der Waals surface area contributed by atoms with E-state index in [1.54, 1.807) is 0 Å². The zero-order chi connectivity index (χ0) is 12.8. The van der Waals surface area contributed by atoms with Gasteiger partial charge in [-0.15, -0.1) is 11.3 Å². The summed E-state index contributed by atoms with van der Waals surface area (Å²) in [5.41, 5.74) is 3.12. The fourth-order valence-corrected chi connectivity index (χ4v) is 5.28. The second-order valence-electron chi connectivity index (χ2n) is 4.99. The first-order chi connectivity index (χ1) is 8.63. The number of halogens is 2. The first-order valence-electron chi connectivity index (χ1n) is 6.09. The third-order valence-electron chi connectivity index (χ3n) is 3.75. The highest BCUT2D eigenvalue weighted by Gasteiger charge is 2.50. The number of hydrogen-bond donors (Lipinski definition) is 0. The van der Waals surface area contributed by atoms with Crippen molar-refractivity contribution in [2.45, 2.75) is 30.0 Å². The van der Waals surface area contributed by atoms with E-state index in [0.717, 1.165) is 0 Å². The molecule has 0 N–H and O–H groups in total. The minimum Gasteiger partial charge on any atom is -0.132 e. The second kappa shape index (κ2) is 4.77. The molecule has 0 aliphatic heterocycles. The van der Waals surface area contributed by atoms with Gasteiger partial charge in [0.2, 0.25) is 0 Å². The highest BCUT2D eigenvalue weighted by Crippen LogP contribution is 2.61. The topological polar surface area (TPSA) is 0 Å². The summed E-state index contributed by atoms with van der Waals surface area (Å²) >= 11 is 9.42. The van der Waals surface area contributed by atoms with Gasteiger partial charge in [0.25, 0.3) is 0 Å². The Hall–Kier alpha value is -0.120. The lowest BCUT2D eigenvalue weighted by molar-refractivity contribution is 0.689. The summed E-state index contributed by atoms with van der Waals surface area (Å²) < 4.78 is 1.26. The molecule has 0 saturated heterocycles. The Balaban J connectivity index is 1.95. The summed E-state index contributed by atoms with van der Waals surface area (Å²) in [6, 6.07) is 13.2. The van der Waals surface area contributed by atoms with Crippen LogP contribution in [0.5, 0.6) is 0 Å². The van der Waals surface area contributed by atoms with Crippen molar-refractivity contribution in [3.05, 3.63) is 56.2 Å². The van der Waals surface area contributed by atoms with Crippen molar-refractivity contribution in [3.63, 3.8) is 0 Å². The second-order valence-corrected chi connectivity index (χ2v) is 8.31. The predicted molar refractivity (Wildman–Crippen MR) is 85.8 cm³/mol. The van der Waals surface area contributed by atoms with Gasteiger partial charge in [-0.05, 0) is 52.9 Å². The molecule has 1 atom stereocenters. The summed E-state index contributed by atoms with van der Waals surface area (Å²) in [5, 5.41) is 0. The number of thiophene rings is 1. The number of rotatable bonds is 3. The molecule has 94 valence electrons. The van der Waals surface area contributed by atoms with Crippen LogP contribution in [0.25, 0.3) is 0 Å². The summed E-state index contributed by atoms with van der Waals surface area (Å²) in [6.07, 6.45) is 2.56. The van der Waals surface area contributed by atoms with Crippen LogP contribution < -0.4 is 0 Å². The van der Waals surface area contributed by atoms with Crippen LogP contribution in [0.15, 0.2) is 40.2 Å². The van der Waals surface area contributed by atoms with Crippen LogP contribution in [-0.2, 0) is 5.41 Å². The van der Waals surface area contributed by atoms with Crippen LogP contribution in [0.3, 0.4) is 0 Å². The lowest BCUT2D eigenvalue weighted by atomic mass is 9.91. The normalized spacial score (nSPS) is 18.6. The SMILES string of the molecule is Cc1cc(C(Br)C2(c3ccccc3)CC2)sc1Br. The third-order valence-corrected chi connectivity index (χ3v) is 7.62. The van der Waals surface area contributed by atoms with E-state index in [1.807, 2.05) is 11.3 Å². The van der Waals surface area contributed by atoms with Crippen LogP contribution in [0.2, 0.25) is 0 Å². The Kier molecular flexibility index (Phi) is 3.41. The van der Waals surface area contributed by atoms with Gasteiger partial charge in [-0.1, -0.05) is 46.3 Å². The Morgan fingerprint density at radius 3 is 2.39 bits per heavy atom. The van der Waals surface area contributed by atoms with Crippen LogP contribution in [-0.4, -0.2) is 0 Å². The Bertz CT molecular complexity index is 536. The van der Waals surface area contributed by atoms with E-state index in [0.29, 0.717) is 10.2 Å². The first-order valence-corrected chi connectivity index (χ1v) is 8.61. The summed E-state index contributed by atoms with van der Waals surface area (Å²) in [4.78, 5) is 1.86. The number of aryl methyl sites for hydroxylation is 1. The average molecular weight is 386 g/mol. The molecule has 0 amide bonds. The molecule has 1 saturated carbocycles. The molecule has 1 aromatic carbocycles. The van der Waals surface area contributed by atoms with Crippen LogP contribution >= 0.6 is 43.2 Å². The van der Waals surface area contributed by atoms with Gasteiger partial charge in [0.1, 0.15) is 0 Å². The van der Waals surface area contributed by atoms with Gasteiger partial charge in [0.15, 0.2) is 0 Å². The molecule has 18 heavy (non-hydrogen) atoms. The number of hydrogen-bond acceptors (Lipinski definition) is 1. The summed E-state index contributed by atoms with van der Waals surface area (Å²) in [7, 11) is 0. The average Bonchev–Trinajstić information content (AvgIpc) is 3.13. The van der Waals surface area contributed by atoms with Gasteiger partial charge in [-0.3, -0.25) is 0 Å². The maximum Gasteiger partial charge on any atom is 0.0730 e. The summed E-state index contributed by atoms with van der Waals surface area (Å²) in [5.74, 6) is 0. The van der Waals surface area contributed by atoms with E-state index in [-0.39, 0.29) is 0 Å². The quantitative estimate of drug-likeness (QED) is 0.569. The molecule has 3 rings (SSSR count). The van der Waals surface area contributed by atoms with Crippen molar-refractivity contribution in [1.29, 1.82) is 0 Å². The fourth-order valence-electron chi connectivity index (χ4n) is 2.47. The van der Waals surface area contributed by atoms with E-state index < -0.39 is 0 Å². The summed E-state index contributed by atoms with van der Waals surface area (Å²) in [6.45, 7) is 2.16. The fraction of sp³-hybridized carbons (Fsp3) is 0.333. The van der Waals surface area contributed by atoms with Crippen molar-refractivity contribution >= 4 is 43.2 Å². The minimum atomic E-state index is 0.317. The monoisotopic (exact) mass is 384 g/mol. The molecule has 1 aliphatic rings. The van der Waals surface area contributed by atoms with Crippen molar-refractivity contribution in [1.82, 2.24) is 0 Å². The zero-order valence-corrected chi connectivity index (χ0v) is 14.1. The van der Waals surface area contributed by atoms with Gasteiger partial charge < -0.3 is 0 Å². The van der Waals surface area contributed by atoms with Crippen molar-refractivity contribution in [2.75, 3.05) is 0 Å². The molecule has 1 unspecified atom stereocenters. The molecule has 3 heteroatoms. The zero-order valence-electron chi connectivity index (χ0n) is 10.1. The standard InChI is InChI=1S/C15H14Br2S/c1-10-9-12(18-14(10)17)13(16)15(7-8-15)11-5-3-2-4-6-11/h2-6,9,13H,7-8H2,1H3. The van der Waals surface area contributed by atoms with E-state index in [4.69, 9.17) is 0 Å². The molecule has 1 aromatic heterocycles. The van der Waals surface area contributed by atoms with Gasteiger partial charge >= 0.3 is 0 Å². The molecule has 0 radical (unpaired) electrons. The smallest absolute Gasteiger partial charge is 0.0730 e. The molecule has 0 nitrogen and oxygen atoms in total. The molecule has 1 aliphatic carbocycles. The third kappa shape index (κ3) is 2.10. The van der Waals surface area contributed by atoms with Crippen LogP contribution in [0, 0.1) is 6.92 Å². The van der Waals surface area contributed by atoms with Gasteiger partial charge in [-0.25, -0.2) is 0 Å². The van der Waals surface area contributed by atoms with E-state index in [1.165, 1.54) is 32.6 Å². The molecular weight excluding hydrogens is 372 g/mol. The molecular formula is C15H14Br2S. The Morgan fingerprint density at radius 1 is 1.22 bits per heavy atom. The van der Waals surface area contributed by atoms with E-state index in [2.05, 4.69) is 75.2 Å². The van der Waals surface area contributed by atoms with Gasteiger partial charge in [-0.2, -0.15) is 0 Å².